The van der Waals surface area contributed by atoms with Gasteiger partial charge in [0.05, 0.1) is 12.8 Å². The largest absolute Gasteiger partial charge is 0.495 e. The zero-order valence-electron chi connectivity index (χ0n) is 18.8. The highest BCUT2D eigenvalue weighted by atomic mass is 16.5. The first-order valence-corrected chi connectivity index (χ1v) is 11.4. The van der Waals surface area contributed by atoms with E-state index in [0.717, 1.165) is 50.0 Å². The van der Waals surface area contributed by atoms with Crippen molar-refractivity contribution in [3.63, 3.8) is 0 Å². The van der Waals surface area contributed by atoms with Crippen LogP contribution < -0.4 is 20.3 Å². The molecule has 0 amide bonds. The lowest BCUT2D eigenvalue weighted by atomic mass is 10.1. The Balaban J connectivity index is 1.25. The molecule has 6 nitrogen and oxygen atoms in total. The normalized spacial score (nSPS) is 19.6. The van der Waals surface area contributed by atoms with Crippen LogP contribution in [0.3, 0.4) is 0 Å². The predicted octanol–water partition coefficient (Wildman–Crippen LogP) is 3.23. The van der Waals surface area contributed by atoms with Gasteiger partial charge in [-0.3, -0.25) is 9.89 Å². The number of benzene rings is 2. The fourth-order valence-corrected chi connectivity index (χ4v) is 4.52. The lowest BCUT2D eigenvalue weighted by Gasteiger charge is -2.22. The number of likely N-dealkylation sites (tertiary alicyclic amines) is 1. The SMILES string of the molecule is CN=C(NCc1ccc(CN2CCCC2)cc1)NC1CCN(c2ccccc2OC)C1. The van der Waals surface area contributed by atoms with Crippen LogP contribution >= 0.6 is 0 Å². The highest BCUT2D eigenvalue weighted by Gasteiger charge is 2.25. The zero-order chi connectivity index (χ0) is 21.5. The summed E-state index contributed by atoms with van der Waals surface area (Å²) in [5.74, 6) is 1.78. The van der Waals surface area contributed by atoms with Gasteiger partial charge in [-0.15, -0.1) is 0 Å². The molecule has 1 unspecified atom stereocenters. The molecule has 0 bridgehead atoms. The summed E-state index contributed by atoms with van der Waals surface area (Å²) < 4.78 is 5.53. The standard InChI is InChI=1S/C25H35N5O/c1-26-25(27-17-20-9-11-21(12-10-20)18-29-14-5-6-15-29)28-22-13-16-30(19-22)23-7-3-4-8-24(23)31-2/h3-4,7-12,22H,5-6,13-19H2,1-2H3,(H2,26,27,28). The van der Waals surface area contributed by atoms with Crippen molar-refractivity contribution in [2.45, 2.75) is 38.4 Å². The first-order valence-electron chi connectivity index (χ1n) is 11.4. The topological polar surface area (TPSA) is 52.1 Å². The average Bonchev–Trinajstić information content (AvgIpc) is 3.50. The van der Waals surface area contributed by atoms with Crippen LogP contribution in [0, 0.1) is 0 Å². The van der Waals surface area contributed by atoms with Gasteiger partial charge in [-0.05, 0) is 55.6 Å². The molecule has 0 aromatic heterocycles. The molecule has 166 valence electrons. The molecule has 2 aliphatic heterocycles. The Hall–Kier alpha value is -2.73. The van der Waals surface area contributed by atoms with Crippen LogP contribution in [0.25, 0.3) is 0 Å². The zero-order valence-corrected chi connectivity index (χ0v) is 18.8. The van der Waals surface area contributed by atoms with Gasteiger partial charge in [-0.25, -0.2) is 0 Å². The van der Waals surface area contributed by atoms with Crippen molar-refractivity contribution in [1.82, 2.24) is 15.5 Å². The number of hydrogen-bond acceptors (Lipinski definition) is 4. The van der Waals surface area contributed by atoms with Crippen molar-refractivity contribution in [3.8, 4) is 5.75 Å². The fraction of sp³-hybridized carbons (Fsp3) is 0.480. The molecule has 0 spiro atoms. The van der Waals surface area contributed by atoms with Gasteiger partial charge in [0.1, 0.15) is 5.75 Å². The van der Waals surface area contributed by atoms with E-state index in [9.17, 15) is 0 Å². The summed E-state index contributed by atoms with van der Waals surface area (Å²) in [4.78, 5) is 9.34. The van der Waals surface area contributed by atoms with Crippen LogP contribution in [0.2, 0.25) is 0 Å². The molecule has 0 saturated carbocycles. The maximum Gasteiger partial charge on any atom is 0.191 e. The van der Waals surface area contributed by atoms with E-state index in [4.69, 9.17) is 4.74 Å². The molecule has 2 fully saturated rings. The molecular formula is C25H35N5O. The van der Waals surface area contributed by atoms with Crippen LogP contribution in [0.4, 0.5) is 5.69 Å². The Morgan fingerprint density at radius 1 is 1.03 bits per heavy atom. The van der Waals surface area contributed by atoms with Crippen molar-refractivity contribution < 1.29 is 4.74 Å². The average molecular weight is 422 g/mol. The Labute approximate surface area is 186 Å². The molecule has 2 N–H and O–H groups in total. The number of guanidine groups is 1. The van der Waals surface area contributed by atoms with Crippen molar-refractivity contribution >= 4 is 11.6 Å². The summed E-state index contributed by atoms with van der Waals surface area (Å²) in [7, 11) is 3.57. The van der Waals surface area contributed by atoms with Crippen molar-refractivity contribution in [1.29, 1.82) is 0 Å². The molecule has 2 aromatic rings. The van der Waals surface area contributed by atoms with E-state index < -0.39 is 0 Å². The molecule has 2 saturated heterocycles. The first kappa shape index (κ1) is 21.5. The van der Waals surface area contributed by atoms with E-state index >= 15 is 0 Å². The Morgan fingerprint density at radius 2 is 1.77 bits per heavy atom. The van der Waals surface area contributed by atoms with Gasteiger partial charge in [-0.1, -0.05) is 36.4 Å². The van der Waals surface area contributed by atoms with Crippen LogP contribution in [0.15, 0.2) is 53.5 Å². The summed E-state index contributed by atoms with van der Waals surface area (Å²) in [5, 5.41) is 7.05. The van der Waals surface area contributed by atoms with Crippen molar-refractivity contribution in [2.24, 2.45) is 4.99 Å². The summed E-state index contributed by atoms with van der Waals surface area (Å²) in [6, 6.07) is 17.6. The number of rotatable bonds is 7. The van der Waals surface area contributed by atoms with Crippen molar-refractivity contribution in [2.75, 3.05) is 45.2 Å². The second-order valence-electron chi connectivity index (χ2n) is 8.47. The Morgan fingerprint density at radius 3 is 2.52 bits per heavy atom. The van der Waals surface area contributed by atoms with E-state index in [2.05, 4.69) is 61.8 Å². The Bertz CT molecular complexity index is 860. The summed E-state index contributed by atoms with van der Waals surface area (Å²) >= 11 is 0. The van der Waals surface area contributed by atoms with Gasteiger partial charge in [0.15, 0.2) is 5.96 Å². The monoisotopic (exact) mass is 421 g/mol. The molecular weight excluding hydrogens is 386 g/mol. The maximum atomic E-state index is 5.53. The summed E-state index contributed by atoms with van der Waals surface area (Å²) in [6.07, 6.45) is 3.75. The van der Waals surface area contributed by atoms with Gasteiger partial charge >= 0.3 is 0 Å². The van der Waals surface area contributed by atoms with Crippen LogP contribution in [-0.2, 0) is 13.1 Å². The number of ether oxygens (including phenoxy) is 1. The summed E-state index contributed by atoms with van der Waals surface area (Å²) in [6.45, 7) is 6.26. The summed E-state index contributed by atoms with van der Waals surface area (Å²) in [5.41, 5.74) is 3.83. The number of aliphatic imine (C=N–C) groups is 1. The van der Waals surface area contributed by atoms with E-state index in [-0.39, 0.29) is 0 Å². The minimum atomic E-state index is 0.360. The lowest BCUT2D eigenvalue weighted by Crippen LogP contribution is -2.44. The van der Waals surface area contributed by atoms with Gasteiger partial charge in [-0.2, -0.15) is 0 Å². The third-order valence-corrected chi connectivity index (χ3v) is 6.27. The van der Waals surface area contributed by atoms with E-state index in [1.165, 1.54) is 37.1 Å². The third kappa shape index (κ3) is 5.70. The molecule has 2 aromatic carbocycles. The molecule has 1 atom stereocenters. The highest BCUT2D eigenvalue weighted by Crippen LogP contribution is 2.30. The number of para-hydroxylation sites is 2. The minimum absolute atomic E-state index is 0.360. The van der Waals surface area contributed by atoms with Gasteiger partial charge < -0.3 is 20.3 Å². The molecule has 0 aliphatic carbocycles. The quantitative estimate of drug-likeness (QED) is 0.531. The number of hydrogen-bond donors (Lipinski definition) is 2. The minimum Gasteiger partial charge on any atom is -0.495 e. The Kier molecular flexibility index (Phi) is 7.30. The molecule has 2 heterocycles. The predicted molar refractivity (Wildman–Crippen MR) is 128 cm³/mol. The van der Waals surface area contributed by atoms with E-state index in [1.54, 1.807) is 7.11 Å². The third-order valence-electron chi connectivity index (χ3n) is 6.27. The van der Waals surface area contributed by atoms with Crippen LogP contribution in [-0.4, -0.2) is 57.2 Å². The van der Waals surface area contributed by atoms with Crippen LogP contribution in [0.5, 0.6) is 5.75 Å². The number of nitrogens with zero attached hydrogens (tertiary/aromatic N) is 3. The maximum absolute atomic E-state index is 5.53. The highest BCUT2D eigenvalue weighted by molar-refractivity contribution is 5.80. The molecule has 4 rings (SSSR count). The molecule has 31 heavy (non-hydrogen) atoms. The first-order chi connectivity index (χ1) is 15.2. The van der Waals surface area contributed by atoms with Crippen LogP contribution in [0.1, 0.15) is 30.4 Å². The smallest absolute Gasteiger partial charge is 0.191 e. The second-order valence-corrected chi connectivity index (χ2v) is 8.47. The lowest BCUT2D eigenvalue weighted by molar-refractivity contribution is 0.331. The van der Waals surface area contributed by atoms with Crippen molar-refractivity contribution in [3.05, 3.63) is 59.7 Å². The molecule has 2 aliphatic rings. The fourth-order valence-electron chi connectivity index (χ4n) is 4.52. The van der Waals surface area contributed by atoms with Gasteiger partial charge in [0.25, 0.3) is 0 Å². The molecule has 0 radical (unpaired) electrons. The molecule has 6 heteroatoms. The van der Waals surface area contributed by atoms with Gasteiger partial charge in [0, 0.05) is 39.3 Å². The van der Waals surface area contributed by atoms with E-state index in [0.29, 0.717) is 6.04 Å². The number of methoxy groups -OCH3 is 1. The van der Waals surface area contributed by atoms with E-state index in [1.807, 2.05) is 19.2 Å². The number of anilines is 1. The van der Waals surface area contributed by atoms with Gasteiger partial charge in [0.2, 0.25) is 0 Å². The second kappa shape index (κ2) is 10.5. The number of nitrogens with one attached hydrogen (secondary N) is 2.